The van der Waals surface area contributed by atoms with Gasteiger partial charge in [-0.05, 0) is 0 Å². The Hall–Kier alpha value is -2.00. The van der Waals surface area contributed by atoms with Gasteiger partial charge in [0.2, 0.25) is 0 Å². The average molecular weight is 312 g/mol. The van der Waals surface area contributed by atoms with Crippen LogP contribution >= 0.6 is 0 Å². The number of carboxylic acids is 1. The number of aromatic amines is 1. The molecule has 1 aromatic heterocycles. The van der Waals surface area contributed by atoms with Crippen LogP contribution in [0.5, 0.6) is 0 Å². The van der Waals surface area contributed by atoms with Crippen molar-refractivity contribution < 1.29 is 24.5 Å². The van der Waals surface area contributed by atoms with Gasteiger partial charge in [-0.3, -0.25) is 19.6 Å². The van der Waals surface area contributed by atoms with Crippen LogP contribution in [0.25, 0.3) is 0 Å². The van der Waals surface area contributed by atoms with Gasteiger partial charge in [-0.15, -0.1) is 0 Å². The molecule has 122 valence electrons. The molecule has 3 heterocycles. The van der Waals surface area contributed by atoms with E-state index in [4.69, 9.17) is 14.6 Å². The smallest absolute Gasteiger partial charge is 0.313 e. The normalized spacial score (nSPS) is 27.0. The Kier molecular flexibility index (Phi) is 5.09. The van der Waals surface area contributed by atoms with E-state index in [1.807, 2.05) is 6.92 Å². The van der Waals surface area contributed by atoms with Crippen molar-refractivity contribution in [3.63, 3.8) is 0 Å². The third-order valence-corrected chi connectivity index (χ3v) is 4.14. The maximum absolute atomic E-state index is 11.5. The fraction of sp³-hybridized carbons (Fsp3) is 0.692. The van der Waals surface area contributed by atoms with Crippen LogP contribution in [0.2, 0.25) is 0 Å². The Morgan fingerprint density at radius 3 is 2.91 bits per heavy atom. The van der Waals surface area contributed by atoms with Crippen LogP contribution in [-0.2, 0) is 27.3 Å². The van der Waals surface area contributed by atoms with E-state index in [0.29, 0.717) is 26.3 Å². The number of carbonyl (C=O) groups is 2. The maximum Gasteiger partial charge on any atom is 0.313 e. The van der Waals surface area contributed by atoms with Crippen molar-refractivity contribution in [3.8, 4) is 0 Å². The summed E-state index contributed by atoms with van der Waals surface area (Å²) in [4.78, 5) is 26.4. The van der Waals surface area contributed by atoms with Gasteiger partial charge in [-0.1, -0.05) is 6.92 Å². The van der Waals surface area contributed by atoms with E-state index in [2.05, 4.69) is 20.1 Å². The number of likely N-dealkylation sites (tertiary alicyclic amines) is 1. The Morgan fingerprint density at radius 1 is 1.64 bits per heavy atom. The molecule has 0 unspecified atom stereocenters. The van der Waals surface area contributed by atoms with Crippen LogP contribution in [0.4, 0.5) is 0 Å². The molecule has 9 nitrogen and oxygen atoms in total. The molecule has 0 radical (unpaired) electrons. The Bertz CT molecular complexity index is 534. The van der Waals surface area contributed by atoms with Crippen LogP contribution in [0.15, 0.2) is 0 Å². The highest BCUT2D eigenvalue weighted by molar-refractivity contribution is 5.76. The number of rotatable bonds is 4. The summed E-state index contributed by atoms with van der Waals surface area (Å²) in [5, 5.41) is 23.4. The molecule has 0 bridgehead atoms. The van der Waals surface area contributed by atoms with Gasteiger partial charge in [0.1, 0.15) is 17.1 Å². The maximum atomic E-state index is 11.5. The number of ether oxygens (including phenoxy) is 1. The molecule has 2 aliphatic heterocycles. The average Bonchev–Trinajstić information content (AvgIpc) is 3.13. The zero-order chi connectivity index (χ0) is 16.2. The first-order chi connectivity index (χ1) is 10.6. The van der Waals surface area contributed by atoms with Crippen LogP contribution in [-0.4, -0.2) is 69.0 Å². The summed E-state index contributed by atoms with van der Waals surface area (Å²) < 4.78 is 5.35. The number of nitrogens with zero attached hydrogens (tertiary/aromatic N) is 3. The van der Waals surface area contributed by atoms with Crippen LogP contribution in [0, 0.1) is 11.3 Å². The quantitative estimate of drug-likeness (QED) is 0.641. The lowest BCUT2D eigenvalue weighted by Crippen LogP contribution is -2.38. The largest absolute Gasteiger partial charge is 0.483 e. The molecule has 9 heteroatoms. The molecule has 0 saturated carbocycles. The third-order valence-electron chi connectivity index (χ3n) is 4.14. The first-order valence-corrected chi connectivity index (χ1v) is 7.07. The van der Waals surface area contributed by atoms with Gasteiger partial charge in [0.05, 0.1) is 19.8 Å². The summed E-state index contributed by atoms with van der Waals surface area (Å²) in [6.07, 6.45) is 0.798. The Labute approximate surface area is 127 Å². The highest BCUT2D eigenvalue weighted by Crippen LogP contribution is 2.41. The Balaban J connectivity index is 0.000000545. The predicted octanol–water partition coefficient (Wildman–Crippen LogP) is -0.399. The molecule has 0 aromatic carbocycles. The van der Waals surface area contributed by atoms with E-state index in [1.54, 1.807) is 0 Å². The lowest BCUT2D eigenvalue weighted by atomic mass is 9.81. The lowest BCUT2D eigenvalue weighted by molar-refractivity contribution is -0.149. The summed E-state index contributed by atoms with van der Waals surface area (Å²) in [7, 11) is 0. The minimum Gasteiger partial charge on any atom is -0.483 e. The molecule has 0 aliphatic carbocycles. The van der Waals surface area contributed by atoms with Crippen LogP contribution in [0.3, 0.4) is 0 Å². The van der Waals surface area contributed by atoms with Crippen molar-refractivity contribution in [3.05, 3.63) is 11.6 Å². The summed E-state index contributed by atoms with van der Waals surface area (Å²) in [6, 6.07) is 0. The number of aromatic nitrogens is 3. The van der Waals surface area contributed by atoms with Crippen molar-refractivity contribution in [1.82, 2.24) is 20.1 Å². The van der Waals surface area contributed by atoms with Gasteiger partial charge in [-0.25, -0.2) is 4.98 Å². The predicted molar refractivity (Wildman–Crippen MR) is 74.1 cm³/mol. The molecule has 2 atom stereocenters. The first kappa shape index (κ1) is 16.4. The van der Waals surface area contributed by atoms with Gasteiger partial charge < -0.3 is 14.9 Å². The molecule has 2 fully saturated rings. The molecular weight excluding hydrogens is 292 g/mol. The SMILES string of the molecule is CCc1n[nH]c(CN2C[C@@H]3COC[C@]3(C(=O)O)C2)n1.O=CO. The zero-order valence-electron chi connectivity index (χ0n) is 12.4. The molecule has 1 aromatic rings. The summed E-state index contributed by atoms with van der Waals surface area (Å²) in [5.41, 5.74) is -0.729. The van der Waals surface area contributed by atoms with E-state index in [0.717, 1.165) is 24.6 Å². The first-order valence-electron chi connectivity index (χ1n) is 7.07. The standard InChI is InChI=1S/C12H18N4O3.CH2O2/c1-2-9-13-10(15-14-9)4-16-3-8-5-19-7-12(8,6-16)11(17)18;2-1-3/h8H,2-7H2,1H3,(H,17,18)(H,13,14,15);1H,(H,2,3)/t8-,12-;/m1./s1. The molecule has 3 rings (SSSR count). The molecule has 2 saturated heterocycles. The van der Waals surface area contributed by atoms with Crippen molar-refractivity contribution in [1.29, 1.82) is 0 Å². The van der Waals surface area contributed by atoms with Gasteiger partial charge in [-0.2, -0.15) is 5.10 Å². The van der Waals surface area contributed by atoms with Crippen molar-refractivity contribution in [2.45, 2.75) is 19.9 Å². The molecule has 22 heavy (non-hydrogen) atoms. The zero-order valence-corrected chi connectivity index (χ0v) is 12.4. The highest BCUT2D eigenvalue weighted by Gasteiger charge is 2.56. The number of H-pyrrole nitrogens is 1. The molecule has 0 spiro atoms. The van der Waals surface area contributed by atoms with Gasteiger partial charge >= 0.3 is 5.97 Å². The van der Waals surface area contributed by atoms with E-state index in [-0.39, 0.29) is 12.4 Å². The van der Waals surface area contributed by atoms with E-state index < -0.39 is 11.4 Å². The summed E-state index contributed by atoms with van der Waals surface area (Å²) in [5.74, 6) is 0.937. The van der Waals surface area contributed by atoms with Crippen molar-refractivity contribution >= 4 is 12.4 Å². The van der Waals surface area contributed by atoms with Crippen LogP contribution in [0.1, 0.15) is 18.6 Å². The Morgan fingerprint density at radius 2 is 2.36 bits per heavy atom. The van der Waals surface area contributed by atoms with Crippen molar-refractivity contribution in [2.24, 2.45) is 11.3 Å². The third kappa shape index (κ3) is 3.09. The number of hydrogen-bond donors (Lipinski definition) is 3. The fourth-order valence-corrected chi connectivity index (χ4v) is 3.04. The summed E-state index contributed by atoms with van der Waals surface area (Å²) in [6.45, 7) is 4.51. The van der Waals surface area contributed by atoms with Gasteiger partial charge in [0.25, 0.3) is 6.47 Å². The summed E-state index contributed by atoms with van der Waals surface area (Å²) >= 11 is 0. The number of aliphatic carboxylic acids is 1. The van der Waals surface area contributed by atoms with Gasteiger partial charge in [0.15, 0.2) is 0 Å². The second-order valence-electron chi connectivity index (χ2n) is 5.50. The minimum atomic E-state index is -0.746. The van der Waals surface area contributed by atoms with E-state index >= 15 is 0 Å². The number of fused-ring (bicyclic) bond motifs is 1. The van der Waals surface area contributed by atoms with Crippen molar-refractivity contribution in [2.75, 3.05) is 26.3 Å². The number of carboxylic acid groups (broad SMARTS) is 2. The molecule has 3 N–H and O–H groups in total. The lowest BCUT2D eigenvalue weighted by Gasteiger charge is -2.21. The monoisotopic (exact) mass is 312 g/mol. The van der Waals surface area contributed by atoms with Gasteiger partial charge in [0, 0.05) is 25.4 Å². The highest BCUT2D eigenvalue weighted by atomic mass is 16.5. The number of hydrogen-bond acceptors (Lipinski definition) is 6. The molecule has 2 aliphatic rings. The minimum absolute atomic E-state index is 0.0820. The second-order valence-corrected chi connectivity index (χ2v) is 5.50. The fourth-order valence-electron chi connectivity index (χ4n) is 3.04. The molecular formula is C13H20N4O5. The van der Waals surface area contributed by atoms with Crippen LogP contribution < -0.4 is 0 Å². The topological polar surface area (TPSA) is 129 Å². The second kappa shape index (κ2) is 6.84. The number of nitrogens with one attached hydrogen (secondary N) is 1. The molecule has 0 amide bonds. The number of aryl methyl sites for hydroxylation is 1. The van der Waals surface area contributed by atoms with E-state index in [1.165, 1.54) is 0 Å². The van der Waals surface area contributed by atoms with E-state index in [9.17, 15) is 9.90 Å².